The zero-order chi connectivity index (χ0) is 23.4. The van der Waals surface area contributed by atoms with E-state index < -0.39 is 20.1 Å². The van der Waals surface area contributed by atoms with Gasteiger partial charge in [-0.2, -0.15) is 0 Å². The highest BCUT2D eigenvalue weighted by molar-refractivity contribution is 6.74. The number of hydrogen-bond donors (Lipinski definition) is 1. The first-order chi connectivity index (χ1) is 14.3. The van der Waals surface area contributed by atoms with Gasteiger partial charge in [-0.15, -0.1) is 0 Å². The SMILES string of the molecule is CC(C)(C)[Si](C)(C)Oc1ccccc1CCC(=O)/C(=C/c1c(Cl)cccc1Cl)C(=O)O. The molecule has 166 valence electrons. The van der Waals surface area contributed by atoms with Crippen LogP contribution in [-0.2, 0) is 16.0 Å². The predicted octanol–water partition coefficient (Wildman–Crippen LogP) is 7.05. The molecule has 0 bridgehead atoms. The lowest BCUT2D eigenvalue weighted by Crippen LogP contribution is -2.44. The summed E-state index contributed by atoms with van der Waals surface area (Å²) in [6, 6.07) is 12.4. The minimum Gasteiger partial charge on any atom is -0.543 e. The third-order valence-electron chi connectivity index (χ3n) is 5.58. The van der Waals surface area contributed by atoms with E-state index >= 15 is 0 Å². The van der Waals surface area contributed by atoms with E-state index in [1.807, 2.05) is 24.3 Å². The van der Waals surface area contributed by atoms with Crippen molar-refractivity contribution in [2.24, 2.45) is 0 Å². The lowest BCUT2D eigenvalue weighted by Gasteiger charge is -2.37. The Labute approximate surface area is 195 Å². The summed E-state index contributed by atoms with van der Waals surface area (Å²) in [5, 5.41) is 10.2. The Hall–Kier alpha value is -2.08. The van der Waals surface area contributed by atoms with Crippen LogP contribution in [0.1, 0.15) is 38.3 Å². The number of aryl methyl sites for hydroxylation is 1. The van der Waals surface area contributed by atoms with Crippen LogP contribution >= 0.6 is 23.2 Å². The minimum absolute atomic E-state index is 0.0259. The maximum Gasteiger partial charge on any atom is 0.339 e. The van der Waals surface area contributed by atoms with Crippen molar-refractivity contribution in [1.29, 1.82) is 0 Å². The van der Waals surface area contributed by atoms with Crippen molar-refractivity contribution in [1.82, 2.24) is 0 Å². The fourth-order valence-electron chi connectivity index (χ4n) is 2.68. The molecular formula is C24H28Cl2O4Si. The Morgan fingerprint density at radius 1 is 1.03 bits per heavy atom. The molecule has 0 saturated carbocycles. The molecule has 0 unspecified atom stereocenters. The Morgan fingerprint density at radius 3 is 2.16 bits per heavy atom. The van der Waals surface area contributed by atoms with E-state index in [-0.39, 0.29) is 27.1 Å². The van der Waals surface area contributed by atoms with Crippen LogP contribution in [0, 0.1) is 0 Å². The molecule has 2 aromatic rings. The number of carbonyl (C=O) groups is 2. The molecule has 2 rings (SSSR count). The molecule has 7 heteroatoms. The van der Waals surface area contributed by atoms with Gasteiger partial charge in [-0.1, -0.05) is 68.2 Å². The summed E-state index contributed by atoms with van der Waals surface area (Å²) in [5.74, 6) is -1.06. The monoisotopic (exact) mass is 478 g/mol. The van der Waals surface area contributed by atoms with Gasteiger partial charge in [0, 0.05) is 22.0 Å². The lowest BCUT2D eigenvalue weighted by atomic mass is 10.0. The molecule has 31 heavy (non-hydrogen) atoms. The number of halogens is 2. The number of carboxylic acids is 1. The molecule has 4 nitrogen and oxygen atoms in total. The van der Waals surface area contributed by atoms with E-state index in [2.05, 4.69) is 33.9 Å². The number of Topliss-reactive ketones (excluding diaryl/α,β-unsaturated/α-hetero) is 1. The van der Waals surface area contributed by atoms with Gasteiger partial charge in [0.2, 0.25) is 8.32 Å². The first-order valence-corrected chi connectivity index (χ1v) is 13.7. The van der Waals surface area contributed by atoms with Gasteiger partial charge < -0.3 is 9.53 Å². The van der Waals surface area contributed by atoms with E-state index in [0.717, 1.165) is 11.3 Å². The lowest BCUT2D eigenvalue weighted by molar-refractivity contribution is -0.134. The number of carbonyl (C=O) groups excluding carboxylic acids is 1. The number of hydrogen-bond acceptors (Lipinski definition) is 3. The van der Waals surface area contributed by atoms with Gasteiger partial charge in [0.25, 0.3) is 0 Å². The van der Waals surface area contributed by atoms with Gasteiger partial charge in [0.1, 0.15) is 11.3 Å². The summed E-state index contributed by atoms with van der Waals surface area (Å²) in [4.78, 5) is 24.5. The summed E-state index contributed by atoms with van der Waals surface area (Å²) in [7, 11) is -2.06. The number of para-hydroxylation sites is 1. The first-order valence-electron chi connectivity index (χ1n) is 10.0. The van der Waals surface area contributed by atoms with Crippen molar-refractivity contribution in [3.8, 4) is 5.75 Å². The fraction of sp³-hybridized carbons (Fsp3) is 0.333. The molecule has 0 aliphatic rings. The van der Waals surface area contributed by atoms with Crippen LogP contribution in [0.15, 0.2) is 48.0 Å². The molecule has 0 aromatic heterocycles. The average Bonchev–Trinajstić information content (AvgIpc) is 2.65. The van der Waals surface area contributed by atoms with Gasteiger partial charge >= 0.3 is 5.97 Å². The number of benzene rings is 2. The molecule has 0 spiro atoms. The second kappa shape index (κ2) is 10.0. The Morgan fingerprint density at radius 2 is 1.61 bits per heavy atom. The van der Waals surface area contributed by atoms with E-state index in [1.165, 1.54) is 6.08 Å². The Bertz CT molecular complexity index is 987. The van der Waals surface area contributed by atoms with Crippen molar-refractivity contribution >= 4 is 49.3 Å². The summed E-state index contributed by atoms with van der Waals surface area (Å²) in [6.07, 6.45) is 1.63. The standard InChI is InChI=1S/C24H28Cl2O4Si/c1-24(2,3)31(4,5)30-22-12-7-6-9-16(22)13-14-21(27)18(23(28)29)15-17-19(25)10-8-11-20(17)26/h6-12,15H,13-14H2,1-5H3,(H,28,29)/b18-15-. The molecule has 0 amide bonds. The fourth-order valence-corrected chi connectivity index (χ4v) is 4.24. The minimum atomic E-state index is -2.06. The summed E-state index contributed by atoms with van der Waals surface area (Å²) < 4.78 is 6.43. The van der Waals surface area contributed by atoms with Crippen LogP contribution in [-0.4, -0.2) is 25.2 Å². The first kappa shape index (κ1) is 25.2. The number of aliphatic carboxylic acids is 1. The highest BCUT2D eigenvalue weighted by Gasteiger charge is 2.39. The summed E-state index contributed by atoms with van der Waals surface area (Å²) >= 11 is 12.3. The largest absolute Gasteiger partial charge is 0.543 e. The molecule has 0 aliphatic carbocycles. The maximum absolute atomic E-state index is 12.8. The van der Waals surface area contributed by atoms with E-state index in [1.54, 1.807) is 18.2 Å². The van der Waals surface area contributed by atoms with Crippen LogP contribution < -0.4 is 4.43 Å². The van der Waals surface area contributed by atoms with Crippen molar-refractivity contribution in [3.63, 3.8) is 0 Å². The van der Waals surface area contributed by atoms with E-state index in [0.29, 0.717) is 12.0 Å². The highest BCUT2D eigenvalue weighted by Crippen LogP contribution is 2.38. The van der Waals surface area contributed by atoms with Crippen molar-refractivity contribution < 1.29 is 19.1 Å². The second-order valence-electron chi connectivity index (χ2n) is 8.89. The zero-order valence-corrected chi connectivity index (χ0v) is 21.0. The highest BCUT2D eigenvalue weighted by atomic mass is 35.5. The Kier molecular flexibility index (Phi) is 8.14. The number of rotatable bonds is 8. The van der Waals surface area contributed by atoms with Crippen molar-refractivity contribution in [2.75, 3.05) is 0 Å². The Balaban J connectivity index is 2.25. The second-order valence-corrected chi connectivity index (χ2v) is 14.4. The van der Waals surface area contributed by atoms with Crippen LogP contribution in [0.3, 0.4) is 0 Å². The number of carboxylic acid groups (broad SMARTS) is 1. The molecule has 0 aliphatic heterocycles. The topological polar surface area (TPSA) is 63.6 Å². The van der Waals surface area contributed by atoms with Gasteiger partial charge in [-0.3, -0.25) is 4.79 Å². The molecule has 1 N–H and O–H groups in total. The number of ketones is 1. The van der Waals surface area contributed by atoms with Crippen LogP contribution in [0.4, 0.5) is 0 Å². The van der Waals surface area contributed by atoms with Crippen molar-refractivity contribution in [2.45, 2.75) is 51.7 Å². The molecule has 0 heterocycles. The van der Waals surface area contributed by atoms with Gasteiger partial charge in [-0.05, 0) is 54.4 Å². The maximum atomic E-state index is 12.8. The quantitative estimate of drug-likeness (QED) is 0.191. The molecule has 2 aromatic carbocycles. The predicted molar refractivity (Wildman–Crippen MR) is 130 cm³/mol. The normalized spacial score (nSPS) is 12.5. The van der Waals surface area contributed by atoms with Gasteiger partial charge in [-0.25, -0.2) is 4.79 Å². The molecule has 0 atom stereocenters. The van der Waals surface area contributed by atoms with Gasteiger partial charge in [0.15, 0.2) is 5.78 Å². The average molecular weight is 479 g/mol. The molecule has 0 radical (unpaired) electrons. The molecule has 0 fully saturated rings. The summed E-state index contributed by atoms with van der Waals surface area (Å²) in [5.41, 5.74) is 0.845. The van der Waals surface area contributed by atoms with E-state index in [4.69, 9.17) is 27.6 Å². The third-order valence-corrected chi connectivity index (χ3v) is 10.6. The zero-order valence-electron chi connectivity index (χ0n) is 18.5. The smallest absolute Gasteiger partial charge is 0.339 e. The van der Waals surface area contributed by atoms with Crippen LogP contribution in [0.2, 0.25) is 28.2 Å². The van der Waals surface area contributed by atoms with Crippen LogP contribution in [0.5, 0.6) is 5.75 Å². The summed E-state index contributed by atoms with van der Waals surface area (Å²) in [6.45, 7) is 10.8. The van der Waals surface area contributed by atoms with Gasteiger partial charge in [0.05, 0.1) is 0 Å². The van der Waals surface area contributed by atoms with Crippen molar-refractivity contribution in [3.05, 3.63) is 69.2 Å². The van der Waals surface area contributed by atoms with Crippen LogP contribution in [0.25, 0.3) is 6.08 Å². The molecular weight excluding hydrogens is 451 g/mol. The molecule has 0 saturated heterocycles. The third kappa shape index (κ3) is 6.45. The van der Waals surface area contributed by atoms with E-state index in [9.17, 15) is 14.7 Å².